The first-order chi connectivity index (χ1) is 4.61. The highest BCUT2D eigenvalue weighted by Crippen LogP contribution is 2.21. The number of hydrogen-bond donors (Lipinski definition) is 2. The lowest BCUT2D eigenvalue weighted by molar-refractivity contribution is 0.421. The molecule has 1 rings (SSSR count). The second-order valence-electron chi connectivity index (χ2n) is 2.11. The Morgan fingerprint density at radius 2 is 2.10 bits per heavy atom. The molecule has 0 saturated heterocycles. The van der Waals surface area contributed by atoms with Gasteiger partial charge in [0.05, 0.1) is 0 Å². The molecule has 0 aliphatic rings. The molecule has 1 aromatic carbocycles. The van der Waals surface area contributed by atoms with Crippen LogP contribution in [0.25, 0.3) is 0 Å². The molecule has 0 saturated carbocycles. The summed E-state index contributed by atoms with van der Waals surface area (Å²) >= 11 is 3.85. The smallest absolute Gasteiger partial charge is 0.165 e. The highest BCUT2D eigenvalue weighted by atomic mass is 32.1. The van der Waals surface area contributed by atoms with Gasteiger partial charge in [-0.3, -0.25) is 0 Å². The molecule has 0 aromatic heterocycles. The Kier molecular flexibility index (Phi) is 1.90. The molecule has 0 heterocycles. The van der Waals surface area contributed by atoms with Crippen LogP contribution in [0.2, 0.25) is 0 Å². The molecule has 1 aromatic rings. The molecule has 1 N–H and O–H groups in total. The van der Waals surface area contributed by atoms with Crippen molar-refractivity contribution in [2.24, 2.45) is 0 Å². The lowest BCUT2D eigenvalue weighted by Gasteiger charge is -1.99. The fourth-order valence-corrected chi connectivity index (χ4v) is 1.03. The SMILES string of the molecule is Bc1cc(F)c(O)c(S)c1. The summed E-state index contributed by atoms with van der Waals surface area (Å²) in [5.41, 5.74) is 0.750. The van der Waals surface area contributed by atoms with E-state index in [-0.39, 0.29) is 10.6 Å². The summed E-state index contributed by atoms with van der Waals surface area (Å²) in [5, 5.41) is 8.88. The molecule has 0 radical (unpaired) electrons. The van der Waals surface area contributed by atoms with Crippen molar-refractivity contribution in [3.05, 3.63) is 17.9 Å². The Hall–Kier alpha value is -0.635. The summed E-state index contributed by atoms with van der Waals surface area (Å²) in [6.07, 6.45) is 0. The second-order valence-corrected chi connectivity index (χ2v) is 2.60. The van der Waals surface area contributed by atoms with Crippen molar-refractivity contribution >= 4 is 25.9 Å². The van der Waals surface area contributed by atoms with E-state index in [0.29, 0.717) is 0 Å². The summed E-state index contributed by atoms with van der Waals surface area (Å²) < 4.78 is 12.5. The van der Waals surface area contributed by atoms with Crippen molar-refractivity contribution in [1.29, 1.82) is 0 Å². The number of phenols is 1. The molecule has 0 aliphatic carbocycles. The van der Waals surface area contributed by atoms with Gasteiger partial charge in [0.15, 0.2) is 11.6 Å². The average molecular weight is 156 g/mol. The molecule has 0 unspecified atom stereocenters. The van der Waals surface area contributed by atoms with Crippen LogP contribution in [0.3, 0.4) is 0 Å². The number of halogens is 1. The third-order valence-corrected chi connectivity index (χ3v) is 1.53. The summed E-state index contributed by atoms with van der Waals surface area (Å²) in [4.78, 5) is 0.275. The van der Waals surface area contributed by atoms with Gasteiger partial charge in [0.1, 0.15) is 7.85 Å². The van der Waals surface area contributed by atoms with Crippen molar-refractivity contribution in [2.45, 2.75) is 4.90 Å². The van der Waals surface area contributed by atoms with Gasteiger partial charge >= 0.3 is 0 Å². The normalized spacial score (nSPS) is 9.80. The monoisotopic (exact) mass is 156 g/mol. The zero-order chi connectivity index (χ0) is 7.72. The quantitative estimate of drug-likeness (QED) is 0.402. The van der Waals surface area contributed by atoms with Gasteiger partial charge in [-0.25, -0.2) is 4.39 Å². The van der Waals surface area contributed by atoms with Crippen LogP contribution < -0.4 is 5.46 Å². The lowest BCUT2D eigenvalue weighted by atomic mass is 9.96. The van der Waals surface area contributed by atoms with Gasteiger partial charge in [-0.05, 0) is 6.07 Å². The Bertz CT molecular complexity index is 241. The molecule has 52 valence electrons. The fraction of sp³-hybridized carbons (Fsp3) is 0. The van der Waals surface area contributed by atoms with Gasteiger partial charge in [0.25, 0.3) is 0 Å². The van der Waals surface area contributed by atoms with Crippen LogP contribution in [0.15, 0.2) is 17.0 Å². The van der Waals surface area contributed by atoms with E-state index >= 15 is 0 Å². The van der Waals surface area contributed by atoms with Crippen LogP contribution in [-0.2, 0) is 0 Å². The molecule has 0 aliphatic heterocycles. The van der Waals surface area contributed by atoms with Crippen LogP contribution in [0.1, 0.15) is 0 Å². The van der Waals surface area contributed by atoms with Crippen molar-refractivity contribution in [1.82, 2.24) is 0 Å². The zero-order valence-electron chi connectivity index (χ0n) is 5.43. The van der Waals surface area contributed by atoms with Crippen molar-refractivity contribution in [3.8, 4) is 5.75 Å². The third kappa shape index (κ3) is 1.26. The molecule has 4 heteroatoms. The van der Waals surface area contributed by atoms with E-state index in [2.05, 4.69) is 12.6 Å². The summed E-state index contributed by atoms with van der Waals surface area (Å²) in [6, 6.07) is 2.86. The maximum Gasteiger partial charge on any atom is 0.165 e. The first-order valence-electron chi connectivity index (χ1n) is 2.79. The maximum absolute atomic E-state index is 12.5. The van der Waals surface area contributed by atoms with Crippen LogP contribution in [0.5, 0.6) is 5.75 Å². The minimum Gasteiger partial charge on any atom is -0.504 e. The second kappa shape index (κ2) is 2.54. The highest BCUT2D eigenvalue weighted by molar-refractivity contribution is 7.80. The number of phenolic OH excluding ortho intramolecular Hbond substituents is 1. The Morgan fingerprint density at radius 1 is 1.50 bits per heavy atom. The van der Waals surface area contributed by atoms with Gasteiger partial charge < -0.3 is 5.11 Å². The minimum absolute atomic E-state index is 0.275. The minimum atomic E-state index is -0.620. The average Bonchev–Trinajstić information content (AvgIpc) is 1.82. The van der Waals surface area contributed by atoms with Crippen molar-refractivity contribution in [3.63, 3.8) is 0 Å². The van der Waals surface area contributed by atoms with Crippen LogP contribution in [-0.4, -0.2) is 13.0 Å². The summed E-state index contributed by atoms with van der Waals surface area (Å²) in [7, 11) is 1.74. The van der Waals surface area contributed by atoms with Crippen molar-refractivity contribution < 1.29 is 9.50 Å². The number of hydrogen-bond acceptors (Lipinski definition) is 2. The zero-order valence-corrected chi connectivity index (χ0v) is 6.32. The van der Waals surface area contributed by atoms with E-state index in [1.807, 2.05) is 0 Å². The maximum atomic E-state index is 12.5. The van der Waals surface area contributed by atoms with Crippen LogP contribution in [0.4, 0.5) is 4.39 Å². The Balaban J connectivity index is 3.31. The number of rotatable bonds is 0. The topological polar surface area (TPSA) is 20.2 Å². The molecule has 0 bridgehead atoms. The molecular weight excluding hydrogens is 150 g/mol. The van der Waals surface area contributed by atoms with E-state index in [4.69, 9.17) is 5.11 Å². The molecule has 10 heavy (non-hydrogen) atoms. The van der Waals surface area contributed by atoms with E-state index in [0.717, 1.165) is 5.46 Å². The van der Waals surface area contributed by atoms with E-state index in [1.165, 1.54) is 6.07 Å². The third-order valence-electron chi connectivity index (χ3n) is 1.19. The standard InChI is InChI=1S/C6H6BFOS/c7-3-1-4(8)6(9)5(10)2-3/h1-2,9-10H,7H2. The van der Waals surface area contributed by atoms with Gasteiger partial charge in [0, 0.05) is 4.90 Å². The number of thiol groups is 1. The molecular formula is C6H6BFOS. The van der Waals surface area contributed by atoms with Gasteiger partial charge in [-0.1, -0.05) is 11.5 Å². The van der Waals surface area contributed by atoms with Gasteiger partial charge in [-0.15, -0.1) is 12.6 Å². The van der Waals surface area contributed by atoms with Crippen molar-refractivity contribution in [2.75, 3.05) is 0 Å². The van der Waals surface area contributed by atoms with E-state index in [1.54, 1.807) is 13.9 Å². The number of aromatic hydroxyl groups is 1. The lowest BCUT2D eigenvalue weighted by Crippen LogP contribution is -2.02. The predicted molar refractivity (Wildman–Crippen MR) is 43.5 cm³/mol. The van der Waals surface area contributed by atoms with Crippen LogP contribution in [0, 0.1) is 5.82 Å². The molecule has 0 atom stereocenters. The molecule has 0 spiro atoms. The fourth-order valence-electron chi connectivity index (χ4n) is 0.716. The predicted octanol–water partition coefficient (Wildman–Crippen LogP) is 0.0784. The Morgan fingerprint density at radius 3 is 2.60 bits per heavy atom. The first kappa shape index (κ1) is 7.47. The molecule has 0 amide bonds. The van der Waals surface area contributed by atoms with Crippen LogP contribution >= 0.6 is 12.6 Å². The highest BCUT2D eigenvalue weighted by Gasteiger charge is 2.03. The summed E-state index contributed by atoms with van der Waals surface area (Å²) in [6.45, 7) is 0. The van der Waals surface area contributed by atoms with Gasteiger partial charge in [-0.2, -0.15) is 0 Å². The number of benzene rings is 1. The molecule has 1 nitrogen and oxygen atoms in total. The van der Waals surface area contributed by atoms with Gasteiger partial charge in [0.2, 0.25) is 0 Å². The van der Waals surface area contributed by atoms with E-state index < -0.39 is 5.82 Å². The first-order valence-corrected chi connectivity index (χ1v) is 3.24. The summed E-state index contributed by atoms with van der Waals surface area (Å²) in [5.74, 6) is -1.00. The van der Waals surface area contributed by atoms with E-state index in [9.17, 15) is 4.39 Å². The Labute approximate surface area is 64.7 Å². The largest absolute Gasteiger partial charge is 0.504 e. The molecule has 0 fully saturated rings.